The molecular formula is C17H27N3. The van der Waals surface area contributed by atoms with Crippen LogP contribution in [0.1, 0.15) is 36.9 Å². The third-order valence-corrected chi connectivity index (χ3v) is 5.10. The lowest BCUT2D eigenvalue weighted by atomic mass is 9.95. The molecule has 0 aliphatic carbocycles. The topological polar surface area (TPSA) is 32.5 Å². The molecule has 20 heavy (non-hydrogen) atoms. The van der Waals surface area contributed by atoms with Crippen LogP contribution in [0, 0.1) is 5.92 Å². The molecule has 1 unspecified atom stereocenters. The van der Waals surface area contributed by atoms with E-state index < -0.39 is 0 Å². The van der Waals surface area contributed by atoms with Crippen molar-refractivity contribution in [2.24, 2.45) is 11.7 Å². The molecule has 2 heterocycles. The monoisotopic (exact) mass is 273 g/mol. The van der Waals surface area contributed by atoms with Crippen molar-refractivity contribution in [1.29, 1.82) is 0 Å². The van der Waals surface area contributed by atoms with Gasteiger partial charge in [-0.2, -0.15) is 0 Å². The number of piperidine rings is 1. The van der Waals surface area contributed by atoms with E-state index in [4.69, 9.17) is 5.73 Å². The molecule has 2 N–H and O–H groups in total. The van der Waals surface area contributed by atoms with Crippen LogP contribution in [0.4, 0.5) is 5.69 Å². The fraction of sp³-hybridized carbons (Fsp3) is 0.647. The number of benzene rings is 1. The van der Waals surface area contributed by atoms with E-state index in [0.717, 1.165) is 19.0 Å². The summed E-state index contributed by atoms with van der Waals surface area (Å²) < 4.78 is 0. The molecule has 0 aromatic heterocycles. The molecule has 1 atom stereocenters. The molecule has 0 spiro atoms. The predicted octanol–water partition coefficient (Wildman–Crippen LogP) is 2.41. The maximum Gasteiger partial charge on any atom is 0.0470 e. The van der Waals surface area contributed by atoms with Crippen LogP contribution < -0.4 is 10.6 Å². The van der Waals surface area contributed by atoms with Crippen molar-refractivity contribution < 1.29 is 0 Å². The van der Waals surface area contributed by atoms with Crippen molar-refractivity contribution in [2.45, 2.75) is 32.2 Å². The van der Waals surface area contributed by atoms with E-state index in [1.807, 2.05) is 0 Å². The van der Waals surface area contributed by atoms with Crippen molar-refractivity contribution in [3.8, 4) is 0 Å². The maximum atomic E-state index is 6.09. The summed E-state index contributed by atoms with van der Waals surface area (Å²) >= 11 is 0. The fourth-order valence-electron chi connectivity index (χ4n) is 3.63. The molecule has 0 radical (unpaired) electrons. The number of hydrogen-bond donors (Lipinski definition) is 1. The number of rotatable bonds is 3. The minimum atomic E-state index is 0.402. The lowest BCUT2D eigenvalue weighted by molar-refractivity contribution is 0.141. The first-order valence-corrected chi connectivity index (χ1v) is 7.97. The van der Waals surface area contributed by atoms with Gasteiger partial charge in [0.05, 0.1) is 0 Å². The van der Waals surface area contributed by atoms with E-state index in [1.165, 1.54) is 49.2 Å². The minimum absolute atomic E-state index is 0.402. The Bertz CT molecular complexity index is 463. The van der Waals surface area contributed by atoms with Gasteiger partial charge in [-0.25, -0.2) is 0 Å². The molecule has 0 saturated carbocycles. The largest absolute Gasteiger partial charge is 0.374 e. The van der Waals surface area contributed by atoms with Crippen LogP contribution in [0.5, 0.6) is 0 Å². The second kappa shape index (κ2) is 5.74. The molecule has 1 aromatic carbocycles. The molecule has 2 aliphatic heterocycles. The van der Waals surface area contributed by atoms with Crippen molar-refractivity contribution in [1.82, 2.24) is 4.90 Å². The SMILES string of the molecule is CC1CCN(C(CN)c2ccc3c(c2)CCN3C)CC1. The molecule has 1 aromatic rings. The molecule has 3 nitrogen and oxygen atoms in total. The number of likely N-dealkylation sites (tertiary alicyclic amines) is 1. The summed E-state index contributed by atoms with van der Waals surface area (Å²) in [5, 5.41) is 0. The van der Waals surface area contributed by atoms with E-state index in [2.05, 4.69) is 42.0 Å². The molecule has 1 fully saturated rings. The van der Waals surface area contributed by atoms with E-state index >= 15 is 0 Å². The maximum absolute atomic E-state index is 6.09. The zero-order valence-corrected chi connectivity index (χ0v) is 12.8. The fourth-order valence-corrected chi connectivity index (χ4v) is 3.63. The lowest BCUT2D eigenvalue weighted by Crippen LogP contribution is -2.39. The first-order chi connectivity index (χ1) is 9.69. The van der Waals surface area contributed by atoms with Gasteiger partial charge in [0, 0.05) is 31.9 Å². The Balaban J connectivity index is 1.79. The number of likely N-dealkylation sites (N-methyl/N-ethyl adjacent to an activating group) is 1. The average Bonchev–Trinajstić information content (AvgIpc) is 2.83. The first-order valence-electron chi connectivity index (χ1n) is 7.97. The van der Waals surface area contributed by atoms with Gasteiger partial charge in [-0.1, -0.05) is 19.1 Å². The summed E-state index contributed by atoms with van der Waals surface area (Å²) in [6.45, 7) is 6.62. The van der Waals surface area contributed by atoms with Gasteiger partial charge < -0.3 is 10.6 Å². The minimum Gasteiger partial charge on any atom is -0.374 e. The zero-order valence-electron chi connectivity index (χ0n) is 12.8. The summed E-state index contributed by atoms with van der Waals surface area (Å²) in [7, 11) is 2.18. The van der Waals surface area contributed by atoms with Crippen molar-refractivity contribution in [3.63, 3.8) is 0 Å². The average molecular weight is 273 g/mol. The second-order valence-electron chi connectivity index (χ2n) is 6.53. The highest BCUT2D eigenvalue weighted by Gasteiger charge is 2.25. The Morgan fingerprint density at radius 1 is 1.25 bits per heavy atom. The molecule has 1 saturated heterocycles. The van der Waals surface area contributed by atoms with Crippen LogP contribution in [0.3, 0.4) is 0 Å². The van der Waals surface area contributed by atoms with Crippen LogP contribution in [0.2, 0.25) is 0 Å². The lowest BCUT2D eigenvalue weighted by Gasteiger charge is -2.36. The van der Waals surface area contributed by atoms with Gasteiger partial charge in [0.2, 0.25) is 0 Å². The van der Waals surface area contributed by atoms with Gasteiger partial charge in [-0.15, -0.1) is 0 Å². The number of fused-ring (bicyclic) bond motifs is 1. The molecule has 3 heteroatoms. The Morgan fingerprint density at radius 2 is 2.00 bits per heavy atom. The quantitative estimate of drug-likeness (QED) is 0.918. The van der Waals surface area contributed by atoms with E-state index in [0.29, 0.717) is 6.04 Å². The summed E-state index contributed by atoms with van der Waals surface area (Å²) in [5.41, 5.74) is 10.4. The van der Waals surface area contributed by atoms with Gasteiger partial charge in [-0.3, -0.25) is 4.90 Å². The highest BCUT2D eigenvalue weighted by Crippen LogP contribution is 2.32. The molecular weight excluding hydrogens is 246 g/mol. The van der Waals surface area contributed by atoms with E-state index in [-0.39, 0.29) is 0 Å². The standard InChI is InChI=1S/C17H27N3/c1-13-5-9-20(10-6-13)17(12-18)14-3-4-16-15(11-14)7-8-19(16)2/h3-4,11,13,17H,5-10,12,18H2,1-2H3. The highest BCUT2D eigenvalue weighted by molar-refractivity contribution is 5.58. The molecule has 2 aliphatic rings. The summed E-state index contributed by atoms with van der Waals surface area (Å²) in [4.78, 5) is 4.93. The normalized spacial score (nSPS) is 22.1. The molecule has 3 rings (SSSR count). The van der Waals surface area contributed by atoms with Crippen LogP contribution in [0.15, 0.2) is 18.2 Å². The predicted molar refractivity (Wildman–Crippen MR) is 85.2 cm³/mol. The Morgan fingerprint density at radius 3 is 2.70 bits per heavy atom. The number of anilines is 1. The van der Waals surface area contributed by atoms with Crippen molar-refractivity contribution >= 4 is 5.69 Å². The third-order valence-electron chi connectivity index (χ3n) is 5.10. The van der Waals surface area contributed by atoms with Gasteiger partial charge >= 0.3 is 0 Å². The van der Waals surface area contributed by atoms with Gasteiger partial charge in [0.1, 0.15) is 0 Å². The molecule has 0 bridgehead atoms. The number of nitrogens with zero attached hydrogens (tertiary/aromatic N) is 2. The van der Waals surface area contributed by atoms with Crippen molar-refractivity contribution in [2.75, 3.05) is 38.1 Å². The van der Waals surface area contributed by atoms with Crippen LogP contribution in [-0.4, -0.2) is 38.1 Å². The summed E-state index contributed by atoms with van der Waals surface area (Å²) in [6.07, 6.45) is 3.79. The van der Waals surface area contributed by atoms with Crippen LogP contribution in [-0.2, 0) is 6.42 Å². The van der Waals surface area contributed by atoms with Crippen molar-refractivity contribution in [3.05, 3.63) is 29.3 Å². The Kier molecular flexibility index (Phi) is 3.99. The second-order valence-corrected chi connectivity index (χ2v) is 6.53. The number of nitrogens with two attached hydrogens (primary N) is 1. The summed E-state index contributed by atoms with van der Waals surface area (Å²) in [6, 6.07) is 7.37. The van der Waals surface area contributed by atoms with E-state index in [1.54, 1.807) is 0 Å². The molecule has 110 valence electrons. The zero-order chi connectivity index (χ0) is 14.1. The Labute approximate surface area is 122 Å². The van der Waals surface area contributed by atoms with E-state index in [9.17, 15) is 0 Å². The van der Waals surface area contributed by atoms with Gasteiger partial charge in [0.15, 0.2) is 0 Å². The molecule has 0 amide bonds. The smallest absolute Gasteiger partial charge is 0.0470 e. The number of hydrogen-bond acceptors (Lipinski definition) is 3. The summed E-state index contributed by atoms with van der Waals surface area (Å²) in [5.74, 6) is 0.873. The first kappa shape index (κ1) is 13.9. The highest BCUT2D eigenvalue weighted by atomic mass is 15.2. The Hall–Kier alpha value is -1.06. The third kappa shape index (κ3) is 2.57. The van der Waals surface area contributed by atoms with Gasteiger partial charge in [-0.05, 0) is 55.5 Å². The van der Waals surface area contributed by atoms with Gasteiger partial charge in [0.25, 0.3) is 0 Å². The van der Waals surface area contributed by atoms with Crippen LogP contribution in [0.25, 0.3) is 0 Å². The van der Waals surface area contributed by atoms with Crippen LogP contribution >= 0.6 is 0 Å².